The molecule has 0 spiro atoms. The first-order valence-corrected chi connectivity index (χ1v) is 2.12. The van der Waals surface area contributed by atoms with Crippen LogP contribution in [0.15, 0.2) is 0 Å². The Morgan fingerprint density at radius 2 is 1.11 bits per heavy atom. The van der Waals surface area contributed by atoms with Gasteiger partial charge in [0.1, 0.15) is 0 Å². The molecule has 0 bridgehead atoms. The third-order valence-electron chi connectivity index (χ3n) is 0.500. The molecule has 0 radical (unpaired) electrons. The second kappa shape index (κ2) is 29.3. The Morgan fingerprint density at radius 1 is 0.889 bits per heavy atom. The van der Waals surface area contributed by atoms with E-state index in [0.717, 1.165) is 13.1 Å². The molecule has 0 unspecified atom stereocenters. The van der Waals surface area contributed by atoms with Crippen LogP contribution in [0, 0.1) is 0 Å². The van der Waals surface area contributed by atoms with Gasteiger partial charge in [-0.25, -0.2) is 0 Å². The van der Waals surface area contributed by atoms with E-state index in [1.165, 1.54) is 0 Å². The van der Waals surface area contributed by atoms with Gasteiger partial charge in [-0.1, -0.05) is 13.8 Å². The van der Waals surface area contributed by atoms with Gasteiger partial charge in [0.2, 0.25) is 0 Å². The summed E-state index contributed by atoms with van der Waals surface area (Å²) in [7, 11) is 0. The Kier molecular flexibility index (Phi) is 96.2. The monoisotopic (exact) mass is 233 g/mol. The zero-order valence-corrected chi connectivity index (χ0v) is 20.4. The molecule has 40 valence electrons. The smallest absolute Gasteiger partial charge is 1.00 e. The maximum absolute atomic E-state index is 3.11. The summed E-state index contributed by atoms with van der Waals surface area (Å²) in [6.07, 6.45) is 0. The van der Waals surface area contributed by atoms with Crippen molar-refractivity contribution in [3.8, 4) is 0 Å². The average Bonchev–Trinajstić information content (AvgIpc) is 1.41. The standard InChI is InChI=1S/C4H11N.4K.4H/c1-3-5-4-2;;;;;;;;/h5H,3-4H2,1-2H3;;;;;;;;/q;4*+1;4*-1. The van der Waals surface area contributed by atoms with E-state index < -0.39 is 0 Å². The molecule has 0 amide bonds. The van der Waals surface area contributed by atoms with Crippen molar-refractivity contribution in [3.63, 3.8) is 0 Å². The van der Waals surface area contributed by atoms with E-state index >= 15 is 0 Å². The van der Waals surface area contributed by atoms with Crippen LogP contribution < -0.4 is 211 Å². The van der Waals surface area contributed by atoms with Gasteiger partial charge in [-0.05, 0) is 13.1 Å². The van der Waals surface area contributed by atoms with E-state index in [-0.39, 0.29) is 211 Å². The van der Waals surface area contributed by atoms with E-state index in [2.05, 4.69) is 19.2 Å². The van der Waals surface area contributed by atoms with Crippen LogP contribution in [-0.4, -0.2) is 13.1 Å². The van der Waals surface area contributed by atoms with E-state index in [4.69, 9.17) is 0 Å². The van der Waals surface area contributed by atoms with E-state index in [9.17, 15) is 0 Å². The van der Waals surface area contributed by atoms with Gasteiger partial charge >= 0.3 is 206 Å². The summed E-state index contributed by atoms with van der Waals surface area (Å²) in [5.74, 6) is 0. The van der Waals surface area contributed by atoms with Gasteiger partial charge in [0.15, 0.2) is 0 Å². The molecule has 0 aliphatic carbocycles. The first-order chi connectivity index (χ1) is 2.41. The summed E-state index contributed by atoms with van der Waals surface area (Å²) in [5, 5.41) is 3.11. The molecule has 0 rings (SSSR count). The molecule has 0 saturated heterocycles. The van der Waals surface area contributed by atoms with Gasteiger partial charge in [-0.15, -0.1) is 0 Å². The van der Waals surface area contributed by atoms with Gasteiger partial charge in [0.05, 0.1) is 0 Å². The van der Waals surface area contributed by atoms with Crippen LogP contribution in [0.1, 0.15) is 19.6 Å². The van der Waals surface area contributed by atoms with Crippen molar-refractivity contribution >= 4 is 0 Å². The molecule has 5 heteroatoms. The van der Waals surface area contributed by atoms with Crippen LogP contribution in [0.3, 0.4) is 0 Å². The molecule has 1 N–H and O–H groups in total. The van der Waals surface area contributed by atoms with Crippen molar-refractivity contribution in [1.82, 2.24) is 5.32 Å². The Labute approximate surface area is 235 Å². The zero-order valence-electron chi connectivity index (χ0n) is 11.9. The Hall–Kier alpha value is 6.51. The normalized spacial score (nSPS) is 4.67. The Balaban J connectivity index is -0.00000000286. The molecule has 1 nitrogen and oxygen atoms in total. The Bertz CT molecular complexity index is 31.6. The topological polar surface area (TPSA) is 12.0 Å². The van der Waals surface area contributed by atoms with Crippen LogP contribution in [0.4, 0.5) is 0 Å². The van der Waals surface area contributed by atoms with Crippen molar-refractivity contribution in [2.24, 2.45) is 0 Å². The number of rotatable bonds is 2. The molecule has 0 aliphatic heterocycles. The molecule has 0 heterocycles. The van der Waals surface area contributed by atoms with Crippen molar-refractivity contribution < 1.29 is 211 Å². The van der Waals surface area contributed by atoms with Crippen molar-refractivity contribution in [3.05, 3.63) is 0 Å². The number of hydrogen-bond donors (Lipinski definition) is 1. The van der Waals surface area contributed by atoms with Gasteiger partial charge in [0.25, 0.3) is 0 Å². The number of nitrogens with one attached hydrogen (secondary N) is 1. The molecule has 0 saturated carbocycles. The third-order valence-corrected chi connectivity index (χ3v) is 0.500. The van der Waals surface area contributed by atoms with Crippen LogP contribution >= 0.6 is 0 Å². The molecule has 0 atom stereocenters. The molecule has 0 aliphatic rings. The third kappa shape index (κ3) is 31.4. The predicted octanol–water partition coefficient (Wildman–Crippen LogP) is -10.9. The second-order valence-electron chi connectivity index (χ2n) is 0.957. The van der Waals surface area contributed by atoms with E-state index in [1.807, 2.05) is 0 Å². The minimum atomic E-state index is 0. The van der Waals surface area contributed by atoms with Crippen molar-refractivity contribution in [2.45, 2.75) is 13.8 Å². The summed E-state index contributed by atoms with van der Waals surface area (Å²) in [6, 6.07) is 0. The number of hydrogen-bond acceptors (Lipinski definition) is 1. The molecule has 0 aromatic rings. The first kappa shape index (κ1) is 29.6. The summed E-state index contributed by atoms with van der Waals surface area (Å²) in [6.45, 7) is 6.39. The molecular weight excluding hydrogens is 218 g/mol. The molecule has 0 aromatic heterocycles. The van der Waals surface area contributed by atoms with Gasteiger partial charge in [-0.2, -0.15) is 0 Å². The molecule has 0 fully saturated rings. The second-order valence-corrected chi connectivity index (χ2v) is 0.957. The molecule has 9 heavy (non-hydrogen) atoms. The van der Waals surface area contributed by atoms with Crippen LogP contribution in [-0.2, 0) is 0 Å². The maximum atomic E-state index is 3.11. The average molecular weight is 234 g/mol. The van der Waals surface area contributed by atoms with Crippen molar-refractivity contribution in [2.75, 3.05) is 13.1 Å². The minimum Gasteiger partial charge on any atom is -1.00 e. The summed E-state index contributed by atoms with van der Waals surface area (Å²) in [4.78, 5) is 0. The van der Waals surface area contributed by atoms with Gasteiger partial charge in [0, 0.05) is 0 Å². The summed E-state index contributed by atoms with van der Waals surface area (Å²) in [5.41, 5.74) is 0. The zero-order chi connectivity index (χ0) is 4.12. The summed E-state index contributed by atoms with van der Waals surface area (Å²) < 4.78 is 0. The van der Waals surface area contributed by atoms with Gasteiger partial charge < -0.3 is 11.0 Å². The SMILES string of the molecule is CCNCC.[H-].[H-].[H-].[H-].[K+].[K+].[K+].[K+]. The molecule has 0 aromatic carbocycles. The first-order valence-electron chi connectivity index (χ1n) is 2.12. The van der Waals surface area contributed by atoms with E-state index in [1.54, 1.807) is 0 Å². The maximum Gasteiger partial charge on any atom is 1.00 e. The predicted molar refractivity (Wildman–Crippen MR) is 28.7 cm³/mol. The minimum absolute atomic E-state index is 0. The van der Waals surface area contributed by atoms with Gasteiger partial charge in [-0.3, -0.25) is 0 Å². The molecular formula is C4H15K4N. The largest absolute Gasteiger partial charge is 1.00 e. The fraction of sp³-hybridized carbons (Fsp3) is 1.00. The van der Waals surface area contributed by atoms with Crippen molar-refractivity contribution in [1.29, 1.82) is 0 Å². The fourth-order valence-electron chi connectivity index (χ4n) is 0.250. The fourth-order valence-corrected chi connectivity index (χ4v) is 0.250. The van der Waals surface area contributed by atoms with Crippen LogP contribution in [0.5, 0.6) is 0 Å². The van der Waals surface area contributed by atoms with Crippen LogP contribution in [0.25, 0.3) is 0 Å². The van der Waals surface area contributed by atoms with Crippen LogP contribution in [0.2, 0.25) is 0 Å². The summed E-state index contributed by atoms with van der Waals surface area (Å²) >= 11 is 0. The Morgan fingerprint density at radius 3 is 1.11 bits per heavy atom. The quantitative estimate of drug-likeness (QED) is 0.467. The van der Waals surface area contributed by atoms with E-state index in [0.29, 0.717) is 0 Å².